The summed E-state index contributed by atoms with van der Waals surface area (Å²) in [7, 11) is 1.59. The monoisotopic (exact) mass is 371 g/mol. The van der Waals surface area contributed by atoms with Gasteiger partial charge in [-0.1, -0.05) is 13.2 Å². The van der Waals surface area contributed by atoms with Crippen LogP contribution in [0.15, 0.2) is 54.7 Å². The van der Waals surface area contributed by atoms with Gasteiger partial charge in [0.25, 0.3) is 0 Å². The molecule has 4 nitrogen and oxygen atoms in total. The molecule has 2 aromatic rings. The molecule has 27 heavy (non-hydrogen) atoms. The molecule has 0 amide bonds. The Morgan fingerprint density at radius 2 is 2.11 bits per heavy atom. The minimum Gasteiger partial charge on any atom is -0.484 e. The van der Waals surface area contributed by atoms with Gasteiger partial charge in [-0.25, -0.2) is 13.8 Å². The molecule has 0 spiro atoms. The molecule has 1 aliphatic rings. The Balaban J connectivity index is 1.76. The number of piperidine rings is 1. The molecule has 3 rings (SSSR count). The number of halogens is 2. The van der Waals surface area contributed by atoms with Crippen LogP contribution in [0.3, 0.4) is 0 Å². The molecule has 0 saturated carbocycles. The van der Waals surface area contributed by atoms with E-state index in [-0.39, 0.29) is 5.92 Å². The minimum atomic E-state index is -0.608. The normalized spacial score (nSPS) is 17.7. The largest absolute Gasteiger partial charge is 0.484 e. The van der Waals surface area contributed by atoms with E-state index in [1.165, 1.54) is 12.1 Å². The summed E-state index contributed by atoms with van der Waals surface area (Å²) in [6.45, 7) is 9.36. The quantitative estimate of drug-likeness (QED) is 0.612. The average molecular weight is 371 g/mol. The van der Waals surface area contributed by atoms with Crippen molar-refractivity contribution in [2.45, 2.75) is 12.8 Å². The van der Waals surface area contributed by atoms with Crippen molar-refractivity contribution in [1.82, 2.24) is 9.88 Å². The molecule has 6 heteroatoms. The van der Waals surface area contributed by atoms with Gasteiger partial charge in [0.15, 0.2) is 5.90 Å². The second-order valence-corrected chi connectivity index (χ2v) is 6.54. The predicted octanol–water partition coefficient (Wildman–Crippen LogP) is 4.69. The second-order valence-electron chi connectivity index (χ2n) is 6.54. The van der Waals surface area contributed by atoms with Crippen molar-refractivity contribution < 1.29 is 13.5 Å². The molecule has 1 atom stereocenters. The van der Waals surface area contributed by atoms with E-state index in [0.29, 0.717) is 29.4 Å². The molecule has 142 valence electrons. The zero-order valence-corrected chi connectivity index (χ0v) is 15.3. The van der Waals surface area contributed by atoms with E-state index in [2.05, 4.69) is 23.1 Å². The first-order chi connectivity index (χ1) is 13.0. The van der Waals surface area contributed by atoms with Gasteiger partial charge in [-0.15, -0.1) is 0 Å². The molecule has 0 aliphatic carbocycles. The Morgan fingerprint density at radius 1 is 1.30 bits per heavy atom. The van der Waals surface area contributed by atoms with Crippen LogP contribution in [0.2, 0.25) is 0 Å². The highest BCUT2D eigenvalue weighted by molar-refractivity contribution is 5.85. The van der Waals surface area contributed by atoms with Gasteiger partial charge in [0.2, 0.25) is 0 Å². The van der Waals surface area contributed by atoms with Crippen LogP contribution < -0.4 is 0 Å². The number of rotatable bonds is 5. The van der Waals surface area contributed by atoms with Crippen LogP contribution in [0.25, 0.3) is 11.4 Å². The standard InChI is InChI=1S/C21H23F2N3O/c1-14(20-7-4-10-24-20)25-21(27-3)16-6-5-11-26(13-16)15(2)18-9-8-17(22)12-19(18)23/h4,7-10,12,16,24H,1-2,5-6,11,13H2,3H3/t16-/m0/s1. The molecule has 1 aromatic carbocycles. The van der Waals surface area contributed by atoms with Crippen LogP contribution in [-0.4, -0.2) is 36.0 Å². The summed E-state index contributed by atoms with van der Waals surface area (Å²) in [5, 5.41) is 0. The van der Waals surface area contributed by atoms with Crippen molar-refractivity contribution in [1.29, 1.82) is 0 Å². The first kappa shape index (κ1) is 18.9. The lowest BCUT2D eigenvalue weighted by molar-refractivity contribution is 0.257. The number of H-pyrrole nitrogens is 1. The van der Waals surface area contributed by atoms with E-state index in [9.17, 15) is 8.78 Å². The summed E-state index contributed by atoms with van der Waals surface area (Å²) >= 11 is 0. The lowest BCUT2D eigenvalue weighted by atomic mass is 9.96. The molecule has 1 aliphatic heterocycles. The molecule has 0 bridgehead atoms. The zero-order valence-electron chi connectivity index (χ0n) is 15.3. The minimum absolute atomic E-state index is 0.0377. The van der Waals surface area contributed by atoms with Crippen LogP contribution >= 0.6 is 0 Å². The van der Waals surface area contributed by atoms with Crippen molar-refractivity contribution >= 4 is 17.3 Å². The van der Waals surface area contributed by atoms with Crippen LogP contribution in [0.4, 0.5) is 8.78 Å². The van der Waals surface area contributed by atoms with Crippen LogP contribution in [-0.2, 0) is 4.74 Å². The van der Waals surface area contributed by atoms with Crippen molar-refractivity contribution in [3.05, 3.63) is 72.6 Å². The van der Waals surface area contributed by atoms with E-state index >= 15 is 0 Å². The van der Waals surface area contributed by atoms with Gasteiger partial charge in [-0.3, -0.25) is 0 Å². The average Bonchev–Trinajstić information content (AvgIpc) is 3.20. The molecule has 1 N–H and O–H groups in total. The van der Waals surface area contributed by atoms with Crippen LogP contribution in [0, 0.1) is 17.6 Å². The molecule has 2 heterocycles. The zero-order chi connectivity index (χ0) is 19.4. The Hall–Kier alpha value is -2.89. The van der Waals surface area contributed by atoms with Gasteiger partial charge < -0.3 is 14.6 Å². The third-order valence-corrected chi connectivity index (χ3v) is 4.76. The van der Waals surface area contributed by atoms with Crippen molar-refractivity contribution in [3.8, 4) is 0 Å². The molecule has 0 radical (unpaired) electrons. The highest BCUT2D eigenvalue weighted by Crippen LogP contribution is 2.28. The van der Waals surface area contributed by atoms with E-state index in [4.69, 9.17) is 4.74 Å². The Kier molecular flexibility index (Phi) is 5.74. The first-order valence-electron chi connectivity index (χ1n) is 8.84. The molecule has 1 fully saturated rings. The fourth-order valence-corrected chi connectivity index (χ4v) is 3.32. The third kappa shape index (κ3) is 4.27. The number of aromatic amines is 1. The summed E-state index contributed by atoms with van der Waals surface area (Å²) in [5.74, 6) is -0.581. The van der Waals surface area contributed by atoms with Crippen molar-refractivity contribution in [2.24, 2.45) is 10.9 Å². The Morgan fingerprint density at radius 3 is 2.78 bits per heavy atom. The number of ether oxygens (including phenoxy) is 1. The SMILES string of the molecule is C=C(N=C(OC)[C@H]1CCCN(C(=C)c2ccc(F)cc2F)C1)c1ccc[nH]1. The molecule has 1 aromatic heterocycles. The number of nitrogens with one attached hydrogen (secondary N) is 1. The van der Waals surface area contributed by atoms with Crippen molar-refractivity contribution in [2.75, 3.05) is 20.2 Å². The number of hydrogen-bond donors (Lipinski definition) is 1. The van der Waals surface area contributed by atoms with E-state index < -0.39 is 11.6 Å². The van der Waals surface area contributed by atoms with Gasteiger partial charge >= 0.3 is 0 Å². The molecular weight excluding hydrogens is 348 g/mol. The maximum absolute atomic E-state index is 14.1. The lowest BCUT2D eigenvalue weighted by Gasteiger charge is -2.35. The fourth-order valence-electron chi connectivity index (χ4n) is 3.32. The van der Waals surface area contributed by atoms with Gasteiger partial charge in [0.1, 0.15) is 11.6 Å². The van der Waals surface area contributed by atoms with E-state index in [1.54, 1.807) is 7.11 Å². The highest BCUT2D eigenvalue weighted by Gasteiger charge is 2.27. The first-order valence-corrected chi connectivity index (χ1v) is 8.84. The topological polar surface area (TPSA) is 40.6 Å². The predicted molar refractivity (Wildman–Crippen MR) is 104 cm³/mol. The number of nitrogens with zero attached hydrogens (tertiary/aromatic N) is 2. The number of aliphatic imine (C=N–C) groups is 1. The number of hydrogen-bond acceptors (Lipinski definition) is 3. The summed E-state index contributed by atoms with van der Waals surface area (Å²) in [5.41, 5.74) is 2.27. The van der Waals surface area contributed by atoms with Gasteiger partial charge in [-0.05, 0) is 37.1 Å². The summed E-state index contributed by atoms with van der Waals surface area (Å²) in [6.07, 6.45) is 3.61. The van der Waals surface area contributed by atoms with Crippen molar-refractivity contribution in [3.63, 3.8) is 0 Å². The summed E-state index contributed by atoms with van der Waals surface area (Å²) in [6, 6.07) is 7.32. The fraction of sp³-hybridized carbons (Fsp3) is 0.286. The van der Waals surface area contributed by atoms with Gasteiger partial charge in [0, 0.05) is 36.6 Å². The van der Waals surface area contributed by atoms with E-state index in [1.807, 2.05) is 23.2 Å². The van der Waals surface area contributed by atoms with Crippen LogP contribution in [0.1, 0.15) is 24.1 Å². The van der Waals surface area contributed by atoms with E-state index in [0.717, 1.165) is 31.1 Å². The molecular formula is C21H23F2N3O. The van der Waals surface area contributed by atoms with Gasteiger partial charge in [-0.2, -0.15) is 0 Å². The number of benzene rings is 1. The number of likely N-dealkylation sites (tertiary alicyclic amines) is 1. The third-order valence-electron chi connectivity index (χ3n) is 4.76. The maximum atomic E-state index is 14.1. The highest BCUT2D eigenvalue weighted by atomic mass is 19.1. The van der Waals surface area contributed by atoms with Gasteiger partial charge in [0.05, 0.1) is 24.4 Å². The number of methoxy groups -OCH3 is 1. The summed E-state index contributed by atoms with van der Waals surface area (Å²) < 4.78 is 32.8. The summed E-state index contributed by atoms with van der Waals surface area (Å²) in [4.78, 5) is 9.61. The Labute approximate surface area is 157 Å². The Bertz CT molecular complexity index is 858. The number of aromatic nitrogens is 1. The smallest absolute Gasteiger partial charge is 0.193 e. The maximum Gasteiger partial charge on any atom is 0.193 e. The lowest BCUT2D eigenvalue weighted by Crippen LogP contribution is -2.38. The molecule has 1 saturated heterocycles. The van der Waals surface area contributed by atoms with Crippen LogP contribution in [0.5, 0.6) is 0 Å². The molecule has 0 unspecified atom stereocenters. The second kappa shape index (κ2) is 8.20.